The van der Waals surface area contributed by atoms with Gasteiger partial charge in [-0.1, -0.05) is 48.5 Å². The Bertz CT molecular complexity index is 1190. The molecule has 2 aromatic rings. The van der Waals surface area contributed by atoms with E-state index in [0.717, 1.165) is 5.56 Å². The van der Waals surface area contributed by atoms with Crippen LogP contribution in [0, 0.1) is 5.41 Å². The standard InChI is InChI=1S/C27H32N4O6/c1-4-37-23(32)22-19(2)31(29-25(34)28-21-13-9-6-10-14-21)27(35)15-16-30(17-20-11-7-5-8-12-20)18-26(22,27)24(33)36-3/h5-14,35H,4,15-18H2,1-3H3,(H2,28,29,34). The van der Waals surface area contributed by atoms with Gasteiger partial charge in [0.1, 0.15) is 0 Å². The first-order valence-electron chi connectivity index (χ1n) is 12.1. The molecule has 1 saturated heterocycles. The van der Waals surface area contributed by atoms with Crippen LogP contribution in [0.4, 0.5) is 10.5 Å². The molecule has 2 aliphatic heterocycles. The third-order valence-corrected chi connectivity index (χ3v) is 6.92. The van der Waals surface area contributed by atoms with Crippen molar-refractivity contribution in [2.24, 2.45) is 5.41 Å². The number of hydrazine groups is 1. The van der Waals surface area contributed by atoms with E-state index in [4.69, 9.17) is 9.47 Å². The van der Waals surface area contributed by atoms with E-state index in [1.54, 1.807) is 38.1 Å². The zero-order chi connectivity index (χ0) is 26.6. The number of para-hydroxylation sites is 1. The Morgan fingerprint density at radius 3 is 2.32 bits per heavy atom. The molecule has 2 aliphatic rings. The SMILES string of the molecule is CCOC(=O)C1=C(C)N(NC(=O)Nc2ccccc2)C2(O)CCN(Cc3ccccc3)CC12C(=O)OC. The molecule has 0 spiro atoms. The van der Waals surface area contributed by atoms with Crippen LogP contribution in [0.3, 0.4) is 0 Å². The van der Waals surface area contributed by atoms with Crippen molar-refractivity contribution in [3.8, 4) is 0 Å². The van der Waals surface area contributed by atoms with Crippen molar-refractivity contribution in [2.45, 2.75) is 32.5 Å². The minimum absolute atomic E-state index is 0.0188. The van der Waals surface area contributed by atoms with Crippen molar-refractivity contribution in [3.05, 3.63) is 77.5 Å². The molecule has 3 N–H and O–H groups in total. The molecular weight excluding hydrogens is 476 g/mol. The van der Waals surface area contributed by atoms with Gasteiger partial charge in [0.15, 0.2) is 11.1 Å². The fourth-order valence-electron chi connectivity index (χ4n) is 5.31. The topological polar surface area (TPSA) is 120 Å². The van der Waals surface area contributed by atoms with Gasteiger partial charge in [-0.05, 0) is 31.5 Å². The lowest BCUT2D eigenvalue weighted by atomic mass is 9.69. The lowest BCUT2D eigenvalue weighted by Crippen LogP contribution is -2.70. The van der Waals surface area contributed by atoms with Crippen LogP contribution >= 0.6 is 0 Å². The molecule has 0 aliphatic carbocycles. The summed E-state index contributed by atoms with van der Waals surface area (Å²) >= 11 is 0. The smallest absolute Gasteiger partial charge is 0.338 e. The molecule has 10 nitrogen and oxygen atoms in total. The van der Waals surface area contributed by atoms with E-state index in [1.165, 1.54) is 12.1 Å². The maximum Gasteiger partial charge on any atom is 0.338 e. The Labute approximate surface area is 215 Å². The summed E-state index contributed by atoms with van der Waals surface area (Å²) in [4.78, 5) is 41.8. The molecule has 4 rings (SSSR count). The number of nitrogens with zero attached hydrogens (tertiary/aromatic N) is 2. The van der Waals surface area contributed by atoms with Gasteiger partial charge in [-0.2, -0.15) is 0 Å². The Kier molecular flexibility index (Phi) is 7.51. The Morgan fingerprint density at radius 1 is 1.05 bits per heavy atom. The molecule has 0 aromatic heterocycles. The summed E-state index contributed by atoms with van der Waals surface area (Å²) in [7, 11) is 1.21. The highest BCUT2D eigenvalue weighted by molar-refractivity contribution is 6.01. The fourth-order valence-corrected chi connectivity index (χ4v) is 5.31. The van der Waals surface area contributed by atoms with E-state index in [0.29, 0.717) is 18.8 Å². The number of methoxy groups -OCH3 is 1. The molecule has 2 atom stereocenters. The maximum absolute atomic E-state index is 13.6. The second-order valence-electron chi connectivity index (χ2n) is 9.11. The first-order chi connectivity index (χ1) is 17.8. The number of aliphatic hydroxyl groups is 1. The number of rotatable bonds is 7. The number of piperidine rings is 1. The number of carbonyl (C=O) groups is 3. The number of amides is 2. The molecule has 0 radical (unpaired) electrons. The Hall–Kier alpha value is -3.89. The molecular formula is C27H32N4O6. The number of anilines is 1. The summed E-state index contributed by atoms with van der Waals surface area (Å²) in [6, 6.07) is 17.8. The average molecular weight is 509 g/mol. The van der Waals surface area contributed by atoms with Gasteiger partial charge < -0.3 is 19.9 Å². The third-order valence-electron chi connectivity index (χ3n) is 6.92. The van der Waals surface area contributed by atoms with E-state index in [-0.39, 0.29) is 30.8 Å². The fraction of sp³-hybridized carbons (Fsp3) is 0.370. The molecule has 37 heavy (non-hydrogen) atoms. The third kappa shape index (κ3) is 4.65. The predicted octanol–water partition coefficient (Wildman–Crippen LogP) is 2.63. The van der Waals surface area contributed by atoms with Crippen LogP contribution in [0.15, 0.2) is 71.9 Å². The summed E-state index contributed by atoms with van der Waals surface area (Å²) in [6.07, 6.45) is 0.0425. The van der Waals surface area contributed by atoms with Gasteiger partial charge in [0.25, 0.3) is 0 Å². The largest absolute Gasteiger partial charge is 0.468 e. The second kappa shape index (κ2) is 10.6. The van der Waals surface area contributed by atoms with Crippen LogP contribution in [0.5, 0.6) is 0 Å². The molecule has 1 fully saturated rings. The summed E-state index contributed by atoms with van der Waals surface area (Å²) < 4.78 is 10.5. The minimum atomic E-state index is -1.98. The number of esters is 2. The predicted molar refractivity (Wildman–Crippen MR) is 136 cm³/mol. The highest BCUT2D eigenvalue weighted by Gasteiger charge is 2.71. The number of ether oxygens (including phenoxy) is 2. The number of nitrogens with one attached hydrogen (secondary N) is 2. The van der Waals surface area contributed by atoms with Crippen molar-refractivity contribution >= 4 is 23.7 Å². The summed E-state index contributed by atoms with van der Waals surface area (Å²) in [5.41, 5.74) is 0.564. The highest BCUT2D eigenvalue weighted by atomic mass is 16.5. The lowest BCUT2D eigenvalue weighted by Gasteiger charge is -2.51. The van der Waals surface area contributed by atoms with Gasteiger partial charge in [0, 0.05) is 37.4 Å². The van der Waals surface area contributed by atoms with Crippen molar-refractivity contribution in [2.75, 3.05) is 32.1 Å². The van der Waals surface area contributed by atoms with Crippen LogP contribution in [-0.2, 0) is 25.6 Å². The van der Waals surface area contributed by atoms with Gasteiger partial charge >= 0.3 is 18.0 Å². The quantitative estimate of drug-likeness (QED) is 0.488. The van der Waals surface area contributed by atoms with Crippen LogP contribution < -0.4 is 10.7 Å². The van der Waals surface area contributed by atoms with E-state index < -0.39 is 29.1 Å². The normalized spacial score (nSPS) is 23.3. The van der Waals surface area contributed by atoms with Gasteiger partial charge in [0.05, 0.1) is 19.3 Å². The van der Waals surface area contributed by atoms with Crippen LogP contribution in [-0.4, -0.2) is 65.5 Å². The number of hydrogen-bond donors (Lipinski definition) is 3. The number of likely N-dealkylation sites (tertiary alicyclic amines) is 1. The molecule has 2 aromatic carbocycles. The maximum atomic E-state index is 13.6. The van der Waals surface area contributed by atoms with Crippen molar-refractivity contribution in [3.63, 3.8) is 0 Å². The Morgan fingerprint density at radius 2 is 1.70 bits per heavy atom. The van der Waals surface area contributed by atoms with Crippen molar-refractivity contribution < 1.29 is 29.0 Å². The lowest BCUT2D eigenvalue weighted by molar-refractivity contribution is -0.214. The molecule has 0 bridgehead atoms. The van der Waals surface area contributed by atoms with Crippen molar-refractivity contribution in [1.29, 1.82) is 0 Å². The van der Waals surface area contributed by atoms with Crippen LogP contribution in [0.25, 0.3) is 0 Å². The summed E-state index contributed by atoms with van der Waals surface area (Å²) in [6.45, 7) is 4.16. The van der Waals surface area contributed by atoms with Crippen LogP contribution in [0.2, 0.25) is 0 Å². The Balaban J connectivity index is 1.74. The number of benzene rings is 2. The highest BCUT2D eigenvalue weighted by Crippen LogP contribution is 2.55. The molecule has 10 heteroatoms. The van der Waals surface area contributed by atoms with E-state index in [2.05, 4.69) is 10.7 Å². The summed E-state index contributed by atoms with van der Waals surface area (Å²) in [5.74, 6) is -1.54. The number of fused-ring (bicyclic) bond motifs is 1. The number of allylic oxidation sites excluding steroid dienone is 1. The zero-order valence-electron chi connectivity index (χ0n) is 21.2. The molecule has 2 unspecified atom stereocenters. The van der Waals surface area contributed by atoms with Crippen molar-refractivity contribution in [1.82, 2.24) is 15.3 Å². The van der Waals surface area contributed by atoms with Gasteiger partial charge in [0.2, 0.25) is 0 Å². The first kappa shape index (κ1) is 26.2. The van der Waals surface area contributed by atoms with Gasteiger partial charge in [-0.15, -0.1) is 0 Å². The number of carbonyl (C=O) groups excluding carboxylic acids is 3. The van der Waals surface area contributed by atoms with E-state index >= 15 is 0 Å². The molecule has 0 saturated carbocycles. The second-order valence-corrected chi connectivity index (χ2v) is 9.11. The average Bonchev–Trinajstić information content (AvgIpc) is 3.08. The molecule has 2 amide bonds. The minimum Gasteiger partial charge on any atom is -0.468 e. The molecule has 2 heterocycles. The van der Waals surface area contributed by atoms with E-state index in [1.807, 2.05) is 41.3 Å². The summed E-state index contributed by atoms with van der Waals surface area (Å²) in [5, 5.41) is 16.1. The monoisotopic (exact) mass is 508 g/mol. The zero-order valence-corrected chi connectivity index (χ0v) is 21.2. The van der Waals surface area contributed by atoms with Gasteiger partial charge in [-0.25, -0.2) is 15.0 Å². The number of urea groups is 1. The van der Waals surface area contributed by atoms with E-state index in [9.17, 15) is 19.5 Å². The van der Waals surface area contributed by atoms with Crippen LogP contribution in [0.1, 0.15) is 25.8 Å². The first-order valence-corrected chi connectivity index (χ1v) is 12.1. The molecule has 196 valence electrons. The number of hydrogen-bond acceptors (Lipinski definition) is 8. The van der Waals surface area contributed by atoms with Gasteiger partial charge in [-0.3, -0.25) is 14.7 Å².